The van der Waals surface area contributed by atoms with E-state index in [0.717, 1.165) is 69.8 Å². The third-order valence-corrected chi connectivity index (χ3v) is 7.47. The lowest BCUT2D eigenvalue weighted by Gasteiger charge is -2.30. The number of anilines is 1. The number of nitriles is 1. The number of piperidine rings is 1. The molecule has 5 rings (SSSR count). The number of nitrogens with one attached hydrogen (secondary N) is 2. The number of hydrogen-bond acceptors (Lipinski definition) is 7. The monoisotopic (exact) mass is 518 g/mol. The van der Waals surface area contributed by atoms with Crippen LogP contribution in [0, 0.1) is 11.3 Å². The fourth-order valence-corrected chi connectivity index (χ4v) is 5.18. The molecule has 1 aromatic heterocycles. The van der Waals surface area contributed by atoms with Crippen molar-refractivity contribution in [3.63, 3.8) is 0 Å². The van der Waals surface area contributed by atoms with Crippen LogP contribution in [-0.2, 0) is 9.53 Å². The van der Waals surface area contributed by atoms with Crippen molar-refractivity contribution in [2.75, 3.05) is 58.3 Å². The lowest BCUT2D eigenvalue weighted by Crippen LogP contribution is -2.37. The van der Waals surface area contributed by atoms with Crippen LogP contribution < -0.4 is 5.32 Å². The summed E-state index contributed by atoms with van der Waals surface area (Å²) in [6, 6.07) is 8.44. The Labute approximate surface area is 224 Å². The molecular formula is C29H38N6O3. The van der Waals surface area contributed by atoms with E-state index in [0.29, 0.717) is 12.5 Å². The molecule has 0 spiro atoms. The van der Waals surface area contributed by atoms with Crippen LogP contribution >= 0.6 is 0 Å². The fraction of sp³-hybridized carbons (Fsp3) is 0.517. The summed E-state index contributed by atoms with van der Waals surface area (Å²) < 4.78 is 5.09. The van der Waals surface area contributed by atoms with Crippen LogP contribution in [-0.4, -0.2) is 84.9 Å². The predicted molar refractivity (Wildman–Crippen MR) is 147 cm³/mol. The van der Waals surface area contributed by atoms with E-state index in [1.165, 1.54) is 43.0 Å². The van der Waals surface area contributed by atoms with E-state index in [-0.39, 0.29) is 17.4 Å². The van der Waals surface area contributed by atoms with Gasteiger partial charge in [0.05, 0.1) is 26.0 Å². The van der Waals surface area contributed by atoms with Gasteiger partial charge in [-0.05, 0) is 87.8 Å². The summed E-state index contributed by atoms with van der Waals surface area (Å²) >= 11 is 0. The number of imidazole rings is 1. The molecule has 2 fully saturated rings. The number of aromatic amines is 1. The fourth-order valence-electron chi connectivity index (χ4n) is 5.18. The molecule has 1 aliphatic carbocycles. The van der Waals surface area contributed by atoms with E-state index in [4.69, 9.17) is 10.00 Å². The number of ether oxygens (including phenoxy) is 1. The second kappa shape index (κ2) is 14.0. The highest BCUT2D eigenvalue weighted by Gasteiger charge is 2.21. The first kappa shape index (κ1) is 27.7. The number of allylic oxidation sites excluding steroid dienone is 2. The highest BCUT2D eigenvalue weighted by Crippen LogP contribution is 2.36. The second-order valence-corrected chi connectivity index (χ2v) is 10.1. The summed E-state index contributed by atoms with van der Waals surface area (Å²) in [5.74, 6) is 0.405. The average Bonchev–Trinajstić information content (AvgIpc) is 3.45. The van der Waals surface area contributed by atoms with Gasteiger partial charge in [0.15, 0.2) is 5.82 Å². The number of carbonyl (C=O) groups excluding carboxylic acids is 2. The Bertz CT molecular complexity index is 1150. The molecule has 9 nitrogen and oxygen atoms in total. The Morgan fingerprint density at radius 2 is 2.03 bits per heavy atom. The van der Waals surface area contributed by atoms with E-state index in [9.17, 15) is 9.59 Å². The molecule has 0 radical (unpaired) electrons. The Morgan fingerprint density at radius 3 is 2.68 bits per heavy atom. The quantitative estimate of drug-likeness (QED) is 0.559. The number of morpholine rings is 1. The van der Waals surface area contributed by atoms with Crippen molar-refractivity contribution >= 4 is 23.5 Å². The van der Waals surface area contributed by atoms with Gasteiger partial charge in [0.1, 0.15) is 18.0 Å². The van der Waals surface area contributed by atoms with Gasteiger partial charge in [-0.25, -0.2) is 4.98 Å². The van der Waals surface area contributed by atoms with Crippen molar-refractivity contribution in [2.24, 2.45) is 0 Å². The Balaban J connectivity index is 0.000000317. The largest absolute Gasteiger partial charge is 0.379 e. The van der Waals surface area contributed by atoms with Gasteiger partial charge in [0.2, 0.25) is 0 Å². The second-order valence-electron chi connectivity index (χ2n) is 10.1. The zero-order valence-electron chi connectivity index (χ0n) is 22.2. The lowest BCUT2D eigenvalue weighted by atomic mass is 9.85. The van der Waals surface area contributed by atoms with Crippen molar-refractivity contribution < 1.29 is 14.3 Å². The predicted octanol–water partition coefficient (Wildman–Crippen LogP) is 3.82. The van der Waals surface area contributed by atoms with Crippen LogP contribution in [0.25, 0.3) is 5.57 Å². The zero-order chi connectivity index (χ0) is 26.7. The minimum atomic E-state index is -0.323. The van der Waals surface area contributed by atoms with Gasteiger partial charge in [0, 0.05) is 24.3 Å². The lowest BCUT2D eigenvalue weighted by molar-refractivity contribution is -0.109. The van der Waals surface area contributed by atoms with Gasteiger partial charge in [-0.3, -0.25) is 9.69 Å². The Morgan fingerprint density at radius 1 is 1.24 bits per heavy atom. The molecule has 1 amide bonds. The summed E-state index contributed by atoms with van der Waals surface area (Å²) in [6.07, 6.45) is 11.5. The van der Waals surface area contributed by atoms with Gasteiger partial charge < -0.3 is 24.7 Å². The highest BCUT2D eigenvalue weighted by molar-refractivity contribution is 6.03. The van der Waals surface area contributed by atoms with Crippen molar-refractivity contribution in [3.05, 3.63) is 53.1 Å². The number of rotatable bonds is 6. The van der Waals surface area contributed by atoms with Gasteiger partial charge in [-0.2, -0.15) is 5.26 Å². The molecule has 38 heavy (non-hydrogen) atoms. The summed E-state index contributed by atoms with van der Waals surface area (Å²) in [6.45, 7) is 6.16. The minimum absolute atomic E-state index is 0.157. The number of H-pyrrole nitrogens is 1. The number of aldehydes is 1. The van der Waals surface area contributed by atoms with Crippen LogP contribution in [0.5, 0.6) is 0 Å². The number of carbonyl (C=O) groups is 2. The minimum Gasteiger partial charge on any atom is -0.379 e. The van der Waals surface area contributed by atoms with Gasteiger partial charge in [-0.15, -0.1) is 0 Å². The summed E-state index contributed by atoms with van der Waals surface area (Å²) in [7, 11) is 2.18. The molecule has 3 aliphatic rings. The maximum atomic E-state index is 12.7. The highest BCUT2D eigenvalue weighted by atomic mass is 16.5. The average molecular weight is 519 g/mol. The number of aromatic nitrogens is 2. The van der Waals surface area contributed by atoms with Crippen molar-refractivity contribution in [1.82, 2.24) is 19.8 Å². The molecule has 202 valence electrons. The third kappa shape index (κ3) is 7.60. The molecule has 3 heterocycles. The molecule has 2 saturated heterocycles. The van der Waals surface area contributed by atoms with Gasteiger partial charge >= 0.3 is 0 Å². The van der Waals surface area contributed by atoms with E-state index in [1.807, 2.05) is 12.1 Å². The molecule has 0 saturated carbocycles. The maximum absolute atomic E-state index is 12.7. The van der Waals surface area contributed by atoms with Crippen LogP contribution in [0.4, 0.5) is 5.69 Å². The maximum Gasteiger partial charge on any atom is 0.291 e. The normalized spacial score (nSPS) is 19.0. The smallest absolute Gasteiger partial charge is 0.291 e. The molecule has 1 aromatic carbocycles. The zero-order valence-corrected chi connectivity index (χ0v) is 22.2. The van der Waals surface area contributed by atoms with Crippen LogP contribution in [0.1, 0.15) is 71.9 Å². The summed E-state index contributed by atoms with van der Waals surface area (Å²) in [4.78, 5) is 33.9. The molecule has 9 heteroatoms. The van der Waals surface area contributed by atoms with Gasteiger partial charge in [0.25, 0.3) is 5.91 Å². The molecular weight excluding hydrogens is 480 g/mol. The number of likely N-dealkylation sites (tertiary alicyclic amines) is 1. The standard InChI is InChI=1S/C23H27N5O.C6H11NO2/c1-28-11-9-16(10-12-28)18-7-8-21(20(13-18)17-5-3-2-4-6-17)27-23(29)22-25-15-19(14-24)26-22;8-4-1-7-2-5-9-6-3-7/h5,7-8,13,15-16H,2-4,6,9-12H2,1H3,(H,25,26)(H,27,29);4H,1-3,5-6H2. The molecule has 2 aromatic rings. The summed E-state index contributed by atoms with van der Waals surface area (Å²) in [5, 5.41) is 12.0. The van der Waals surface area contributed by atoms with E-state index in [2.05, 4.69) is 50.3 Å². The van der Waals surface area contributed by atoms with Crippen molar-refractivity contribution in [2.45, 2.75) is 44.4 Å². The number of amides is 1. The first-order valence-corrected chi connectivity index (χ1v) is 13.6. The van der Waals surface area contributed by atoms with E-state index in [1.54, 1.807) is 0 Å². The van der Waals surface area contributed by atoms with Gasteiger partial charge in [-0.1, -0.05) is 12.1 Å². The van der Waals surface area contributed by atoms with E-state index >= 15 is 0 Å². The van der Waals surface area contributed by atoms with Crippen molar-refractivity contribution in [1.29, 1.82) is 5.26 Å². The van der Waals surface area contributed by atoms with Crippen molar-refractivity contribution in [3.8, 4) is 6.07 Å². The number of nitrogens with zero attached hydrogens (tertiary/aromatic N) is 4. The topological polar surface area (TPSA) is 114 Å². The first-order valence-electron chi connectivity index (χ1n) is 13.6. The molecule has 0 unspecified atom stereocenters. The first-order chi connectivity index (χ1) is 18.6. The van der Waals surface area contributed by atoms with Crippen LogP contribution in [0.3, 0.4) is 0 Å². The Kier molecular flexibility index (Phi) is 10.2. The van der Waals surface area contributed by atoms with Crippen LogP contribution in [0.2, 0.25) is 0 Å². The summed E-state index contributed by atoms with van der Waals surface area (Å²) in [5.41, 5.74) is 4.90. The SMILES string of the molecule is CN1CCC(c2ccc(NC(=O)c3ncc(C#N)[nH]3)c(C3=CCCCC3)c2)CC1.O=CCN1CCOCC1. The van der Waals surface area contributed by atoms with E-state index < -0.39 is 0 Å². The molecule has 0 bridgehead atoms. The number of hydrogen-bond donors (Lipinski definition) is 2. The third-order valence-electron chi connectivity index (χ3n) is 7.47. The number of benzene rings is 1. The molecule has 0 atom stereocenters. The molecule has 2 aliphatic heterocycles. The molecule has 2 N–H and O–H groups in total. The Hall–Kier alpha value is -3.32. The van der Waals surface area contributed by atoms with Crippen LogP contribution in [0.15, 0.2) is 30.5 Å².